The largest absolute Gasteiger partial charge is 0.357 e. The monoisotopic (exact) mass is 300 g/mol. The Bertz CT molecular complexity index is 835. The first-order valence-corrected chi connectivity index (χ1v) is 7.49. The zero-order valence-corrected chi connectivity index (χ0v) is 12.1. The molecular formula is C18H12N4O. The maximum atomic E-state index is 6.02. The van der Waals surface area contributed by atoms with Crippen molar-refractivity contribution < 1.29 is 4.74 Å². The van der Waals surface area contributed by atoms with E-state index >= 15 is 0 Å². The molecule has 2 atom stereocenters. The van der Waals surface area contributed by atoms with E-state index in [-0.39, 0.29) is 12.2 Å². The van der Waals surface area contributed by atoms with Crippen molar-refractivity contribution in [2.45, 2.75) is 12.2 Å². The predicted octanol–water partition coefficient (Wildman–Crippen LogP) is 3.28. The third kappa shape index (κ3) is 1.83. The van der Waals surface area contributed by atoms with Crippen LogP contribution < -0.4 is 0 Å². The summed E-state index contributed by atoms with van der Waals surface area (Å²) in [4.78, 5) is 8.83. The first kappa shape index (κ1) is 12.6. The lowest BCUT2D eigenvalue weighted by Crippen LogP contribution is -2.06. The van der Waals surface area contributed by atoms with Gasteiger partial charge in [0.1, 0.15) is 23.6 Å². The van der Waals surface area contributed by atoms with Crippen LogP contribution in [0.2, 0.25) is 0 Å². The van der Waals surface area contributed by atoms with Crippen LogP contribution in [0.3, 0.4) is 0 Å². The van der Waals surface area contributed by atoms with Crippen LogP contribution in [0.25, 0.3) is 22.8 Å². The van der Waals surface area contributed by atoms with Gasteiger partial charge in [0.2, 0.25) is 0 Å². The van der Waals surface area contributed by atoms with Crippen molar-refractivity contribution >= 4 is 0 Å². The van der Waals surface area contributed by atoms with E-state index in [4.69, 9.17) is 4.74 Å². The standard InChI is InChI=1S/C18H12N4O/c1-3-9-19-11(5-1)17-15-13-7-8-14(23-13)16(15)18(22-21-17)12-6-2-4-10-20-12/h1-10,13-14H/t13-,14-/m1/s1. The van der Waals surface area contributed by atoms with Crippen LogP contribution >= 0.6 is 0 Å². The molecule has 0 aromatic carbocycles. The number of fused-ring (bicyclic) bond motifs is 5. The summed E-state index contributed by atoms with van der Waals surface area (Å²) in [5, 5.41) is 8.90. The third-order valence-corrected chi connectivity index (χ3v) is 4.19. The Morgan fingerprint density at radius 2 is 1.22 bits per heavy atom. The van der Waals surface area contributed by atoms with E-state index in [1.807, 2.05) is 36.4 Å². The average Bonchev–Trinajstić information content (AvgIpc) is 3.25. The predicted molar refractivity (Wildman–Crippen MR) is 84.2 cm³/mol. The Balaban J connectivity index is 1.77. The molecule has 0 N–H and O–H groups in total. The van der Waals surface area contributed by atoms with Crippen LogP contribution in [0.1, 0.15) is 23.3 Å². The van der Waals surface area contributed by atoms with Gasteiger partial charge >= 0.3 is 0 Å². The molecule has 2 bridgehead atoms. The van der Waals surface area contributed by atoms with E-state index in [0.29, 0.717) is 0 Å². The van der Waals surface area contributed by atoms with Crippen LogP contribution in [0.4, 0.5) is 0 Å². The number of hydrogen-bond acceptors (Lipinski definition) is 5. The molecule has 23 heavy (non-hydrogen) atoms. The Morgan fingerprint density at radius 1 is 0.696 bits per heavy atom. The molecule has 2 aliphatic rings. The maximum absolute atomic E-state index is 6.02. The Labute approximate surface area is 132 Å². The average molecular weight is 300 g/mol. The fourth-order valence-electron chi connectivity index (χ4n) is 3.20. The van der Waals surface area contributed by atoms with Gasteiger partial charge in [-0.15, -0.1) is 10.2 Å². The van der Waals surface area contributed by atoms with Gasteiger partial charge in [0, 0.05) is 23.5 Å². The first-order chi connectivity index (χ1) is 11.4. The van der Waals surface area contributed by atoms with E-state index in [2.05, 4.69) is 32.3 Å². The smallest absolute Gasteiger partial charge is 0.118 e. The molecule has 0 unspecified atom stereocenters. The number of ether oxygens (including phenoxy) is 1. The minimum Gasteiger partial charge on any atom is -0.357 e. The molecular weight excluding hydrogens is 288 g/mol. The van der Waals surface area contributed by atoms with Crippen molar-refractivity contribution in [1.29, 1.82) is 0 Å². The van der Waals surface area contributed by atoms with Gasteiger partial charge in [0.15, 0.2) is 0 Å². The zero-order valence-electron chi connectivity index (χ0n) is 12.1. The minimum absolute atomic E-state index is 0.0787. The first-order valence-electron chi connectivity index (χ1n) is 7.49. The summed E-state index contributed by atoms with van der Waals surface area (Å²) in [6, 6.07) is 11.6. The lowest BCUT2D eigenvalue weighted by atomic mass is 9.92. The highest BCUT2D eigenvalue weighted by Gasteiger charge is 2.40. The molecule has 0 radical (unpaired) electrons. The van der Waals surface area contributed by atoms with Gasteiger partial charge in [-0.3, -0.25) is 9.97 Å². The Morgan fingerprint density at radius 3 is 1.65 bits per heavy atom. The lowest BCUT2D eigenvalue weighted by molar-refractivity contribution is 0.0881. The van der Waals surface area contributed by atoms with Crippen molar-refractivity contribution in [3.63, 3.8) is 0 Å². The molecule has 0 aliphatic carbocycles. The number of nitrogens with zero attached hydrogens (tertiary/aromatic N) is 4. The topological polar surface area (TPSA) is 60.8 Å². The van der Waals surface area contributed by atoms with Crippen LogP contribution in [0.5, 0.6) is 0 Å². The van der Waals surface area contributed by atoms with E-state index in [1.54, 1.807) is 12.4 Å². The van der Waals surface area contributed by atoms with Gasteiger partial charge in [0.25, 0.3) is 0 Å². The highest BCUT2D eigenvalue weighted by Crippen LogP contribution is 2.51. The van der Waals surface area contributed by atoms with E-state index in [0.717, 1.165) is 33.9 Å². The molecule has 5 rings (SSSR count). The molecule has 0 saturated heterocycles. The second-order valence-electron chi connectivity index (χ2n) is 5.52. The fraction of sp³-hybridized carbons (Fsp3) is 0.111. The second-order valence-corrected chi connectivity index (χ2v) is 5.52. The third-order valence-electron chi connectivity index (χ3n) is 4.19. The summed E-state index contributed by atoms with van der Waals surface area (Å²) in [5.74, 6) is 0. The second kappa shape index (κ2) is 4.79. The summed E-state index contributed by atoms with van der Waals surface area (Å²) in [6.45, 7) is 0. The van der Waals surface area contributed by atoms with Gasteiger partial charge in [-0.1, -0.05) is 24.3 Å². The normalized spacial score (nSPS) is 20.7. The number of rotatable bonds is 2. The van der Waals surface area contributed by atoms with Crippen molar-refractivity contribution in [2.75, 3.05) is 0 Å². The SMILES string of the molecule is C1=C[C@H]2O[C@H]1c1c(-c3ccccn3)nnc(-c3ccccn3)c12. The van der Waals surface area contributed by atoms with Gasteiger partial charge < -0.3 is 4.74 Å². The molecule has 3 aromatic rings. The van der Waals surface area contributed by atoms with Crippen LogP contribution in [0.15, 0.2) is 60.9 Å². The lowest BCUT2D eigenvalue weighted by Gasteiger charge is -2.14. The molecule has 0 spiro atoms. The number of aromatic nitrogens is 4. The minimum atomic E-state index is -0.0787. The molecule has 110 valence electrons. The summed E-state index contributed by atoms with van der Waals surface area (Å²) < 4.78 is 6.02. The molecule has 5 heteroatoms. The van der Waals surface area contributed by atoms with Gasteiger partial charge in [-0.25, -0.2) is 0 Å². The summed E-state index contributed by atoms with van der Waals surface area (Å²) in [7, 11) is 0. The highest BCUT2D eigenvalue weighted by atomic mass is 16.5. The van der Waals surface area contributed by atoms with Crippen molar-refractivity contribution in [1.82, 2.24) is 20.2 Å². The molecule has 5 heterocycles. The molecule has 0 amide bonds. The fourth-order valence-corrected chi connectivity index (χ4v) is 3.20. The van der Waals surface area contributed by atoms with Gasteiger partial charge in [-0.2, -0.15) is 0 Å². The van der Waals surface area contributed by atoms with Crippen LogP contribution in [-0.2, 0) is 4.74 Å². The van der Waals surface area contributed by atoms with E-state index in [9.17, 15) is 0 Å². The van der Waals surface area contributed by atoms with Crippen LogP contribution in [-0.4, -0.2) is 20.2 Å². The number of hydrogen-bond donors (Lipinski definition) is 0. The molecule has 0 saturated carbocycles. The van der Waals surface area contributed by atoms with E-state index < -0.39 is 0 Å². The summed E-state index contributed by atoms with van der Waals surface area (Å²) >= 11 is 0. The maximum Gasteiger partial charge on any atom is 0.118 e. The number of pyridine rings is 2. The van der Waals surface area contributed by atoms with Gasteiger partial charge in [-0.05, 0) is 24.3 Å². The molecule has 0 fully saturated rings. The Kier molecular flexibility index (Phi) is 2.63. The van der Waals surface area contributed by atoms with Crippen molar-refractivity contribution in [2.24, 2.45) is 0 Å². The molecule has 3 aromatic heterocycles. The molecule has 2 aliphatic heterocycles. The van der Waals surface area contributed by atoms with E-state index in [1.165, 1.54) is 0 Å². The summed E-state index contributed by atoms with van der Waals surface area (Å²) in [5.41, 5.74) is 5.33. The quantitative estimate of drug-likeness (QED) is 0.680. The Hall–Kier alpha value is -2.92. The highest BCUT2D eigenvalue weighted by molar-refractivity contribution is 5.72. The van der Waals surface area contributed by atoms with Crippen LogP contribution in [0, 0.1) is 0 Å². The summed E-state index contributed by atoms with van der Waals surface area (Å²) in [6.07, 6.45) is 7.52. The molecule has 5 nitrogen and oxygen atoms in total. The van der Waals surface area contributed by atoms with Crippen molar-refractivity contribution in [3.05, 3.63) is 72.1 Å². The zero-order chi connectivity index (χ0) is 15.2. The van der Waals surface area contributed by atoms with Crippen molar-refractivity contribution in [3.8, 4) is 22.8 Å². The van der Waals surface area contributed by atoms with Gasteiger partial charge in [0.05, 0.1) is 11.4 Å².